The van der Waals surface area contributed by atoms with E-state index in [1.807, 2.05) is 0 Å². The van der Waals surface area contributed by atoms with Gasteiger partial charge in [0.2, 0.25) is 0 Å². The van der Waals surface area contributed by atoms with E-state index in [0.717, 1.165) is 12.1 Å². The molecule has 0 unspecified atom stereocenters. The quantitative estimate of drug-likeness (QED) is 0.462. The number of hydrogen-bond acceptors (Lipinski definition) is 4. The fourth-order valence-electron chi connectivity index (χ4n) is 1.88. The Labute approximate surface area is 137 Å². The summed E-state index contributed by atoms with van der Waals surface area (Å²) in [4.78, 5) is 23.4. The third kappa shape index (κ3) is 4.74. The standard InChI is InChI=1S/C18H14F2O4/c1-23-17-7-6-13(10-15(17)20)16(21)11-24-18(22)8-5-12-3-2-4-14(19)9-12/h2-10H,11H2,1H3/b8-5+. The normalized spacial score (nSPS) is 10.6. The second-order valence-corrected chi connectivity index (χ2v) is 4.77. The van der Waals surface area contributed by atoms with Crippen molar-refractivity contribution < 1.29 is 27.8 Å². The van der Waals surface area contributed by atoms with Gasteiger partial charge in [-0.05, 0) is 42.0 Å². The van der Waals surface area contributed by atoms with Gasteiger partial charge in [-0.2, -0.15) is 0 Å². The molecule has 0 saturated carbocycles. The molecule has 0 heterocycles. The predicted molar refractivity (Wildman–Crippen MR) is 83.7 cm³/mol. The average molecular weight is 332 g/mol. The number of carbonyl (C=O) groups is 2. The van der Waals surface area contributed by atoms with E-state index in [1.54, 1.807) is 6.07 Å². The largest absolute Gasteiger partial charge is 0.494 e. The molecule has 0 amide bonds. The Hall–Kier alpha value is -3.02. The maximum absolute atomic E-state index is 13.5. The van der Waals surface area contributed by atoms with Crippen LogP contribution in [0.3, 0.4) is 0 Å². The number of ether oxygens (including phenoxy) is 2. The smallest absolute Gasteiger partial charge is 0.331 e. The Kier molecular flexibility index (Phi) is 5.78. The van der Waals surface area contributed by atoms with Gasteiger partial charge in [-0.15, -0.1) is 0 Å². The van der Waals surface area contributed by atoms with Crippen LogP contribution in [-0.4, -0.2) is 25.5 Å². The van der Waals surface area contributed by atoms with Crippen LogP contribution < -0.4 is 4.74 Å². The first-order valence-corrected chi connectivity index (χ1v) is 6.97. The molecule has 0 radical (unpaired) electrons. The summed E-state index contributed by atoms with van der Waals surface area (Å²) in [6, 6.07) is 9.34. The van der Waals surface area contributed by atoms with Crippen LogP contribution in [-0.2, 0) is 9.53 Å². The van der Waals surface area contributed by atoms with E-state index in [9.17, 15) is 18.4 Å². The van der Waals surface area contributed by atoms with E-state index in [2.05, 4.69) is 0 Å². The first kappa shape index (κ1) is 17.3. The maximum atomic E-state index is 13.5. The minimum atomic E-state index is -0.762. The highest BCUT2D eigenvalue weighted by Gasteiger charge is 2.11. The average Bonchev–Trinajstić information content (AvgIpc) is 2.57. The first-order chi connectivity index (χ1) is 11.5. The summed E-state index contributed by atoms with van der Waals surface area (Å²) in [7, 11) is 1.31. The van der Waals surface area contributed by atoms with Gasteiger partial charge in [-0.1, -0.05) is 12.1 Å². The van der Waals surface area contributed by atoms with Crippen LogP contribution in [0.25, 0.3) is 6.08 Å². The molecule has 24 heavy (non-hydrogen) atoms. The molecule has 2 aromatic rings. The molecule has 0 spiro atoms. The van der Waals surface area contributed by atoms with Gasteiger partial charge in [0, 0.05) is 11.6 Å². The SMILES string of the molecule is COc1ccc(C(=O)COC(=O)/C=C/c2cccc(F)c2)cc1F. The number of halogens is 2. The summed E-state index contributed by atoms with van der Waals surface area (Å²) in [5.74, 6) is -2.41. The number of hydrogen-bond donors (Lipinski definition) is 0. The molecule has 0 aromatic heterocycles. The van der Waals surface area contributed by atoms with Gasteiger partial charge in [-0.3, -0.25) is 4.79 Å². The molecule has 0 aliphatic carbocycles. The maximum Gasteiger partial charge on any atom is 0.331 e. The second-order valence-electron chi connectivity index (χ2n) is 4.77. The van der Waals surface area contributed by atoms with E-state index < -0.39 is 30.0 Å². The lowest BCUT2D eigenvalue weighted by atomic mass is 10.1. The van der Waals surface area contributed by atoms with Crippen molar-refractivity contribution in [2.24, 2.45) is 0 Å². The number of esters is 1. The Morgan fingerprint density at radius 1 is 1.12 bits per heavy atom. The molecule has 0 N–H and O–H groups in total. The summed E-state index contributed by atoms with van der Waals surface area (Å²) in [5.41, 5.74) is 0.547. The number of carbonyl (C=O) groups excluding carboxylic acids is 2. The van der Waals surface area contributed by atoms with Crippen LogP contribution in [0, 0.1) is 11.6 Å². The van der Waals surface area contributed by atoms with Gasteiger partial charge in [0.05, 0.1) is 7.11 Å². The van der Waals surface area contributed by atoms with Gasteiger partial charge in [0.1, 0.15) is 5.82 Å². The molecule has 124 valence electrons. The van der Waals surface area contributed by atoms with Crippen LogP contribution in [0.5, 0.6) is 5.75 Å². The Bertz CT molecular complexity index is 784. The number of ketones is 1. The molecule has 0 atom stereocenters. The van der Waals surface area contributed by atoms with Crippen LogP contribution in [0.2, 0.25) is 0 Å². The topological polar surface area (TPSA) is 52.6 Å². The number of rotatable bonds is 6. The summed E-state index contributed by atoms with van der Waals surface area (Å²) in [6.45, 7) is -0.530. The van der Waals surface area contributed by atoms with Crippen molar-refractivity contribution in [2.45, 2.75) is 0 Å². The molecule has 0 fully saturated rings. The predicted octanol–water partition coefficient (Wildman–Crippen LogP) is 3.41. The van der Waals surface area contributed by atoms with Crippen molar-refractivity contribution in [1.29, 1.82) is 0 Å². The fraction of sp³-hybridized carbons (Fsp3) is 0.111. The molecule has 6 heteroatoms. The van der Waals surface area contributed by atoms with Crippen molar-refractivity contribution in [3.05, 3.63) is 71.3 Å². The number of Topliss-reactive ketones (excluding diaryl/α,β-unsaturated/α-hetero) is 1. The molecule has 0 bridgehead atoms. The van der Waals surface area contributed by atoms with Gasteiger partial charge in [0.25, 0.3) is 0 Å². The Balaban J connectivity index is 1.91. The lowest BCUT2D eigenvalue weighted by molar-refractivity contribution is -0.136. The number of benzene rings is 2. The van der Waals surface area contributed by atoms with E-state index in [4.69, 9.17) is 9.47 Å². The molecular formula is C18H14F2O4. The molecule has 2 aromatic carbocycles. The Morgan fingerprint density at radius 2 is 1.92 bits per heavy atom. The third-order valence-corrected chi connectivity index (χ3v) is 3.08. The monoisotopic (exact) mass is 332 g/mol. The molecule has 0 saturated heterocycles. The summed E-state index contributed by atoms with van der Waals surface area (Å²) in [5, 5.41) is 0. The highest BCUT2D eigenvalue weighted by Crippen LogP contribution is 2.18. The van der Waals surface area contributed by atoms with Gasteiger partial charge in [-0.25, -0.2) is 13.6 Å². The van der Waals surface area contributed by atoms with Gasteiger partial charge in [0.15, 0.2) is 24.0 Å². The van der Waals surface area contributed by atoms with Crippen molar-refractivity contribution >= 4 is 17.8 Å². The summed E-state index contributed by atoms with van der Waals surface area (Å²) in [6.07, 6.45) is 2.44. The Morgan fingerprint density at radius 3 is 2.58 bits per heavy atom. The minimum Gasteiger partial charge on any atom is -0.494 e. The van der Waals surface area contributed by atoms with E-state index in [0.29, 0.717) is 5.56 Å². The van der Waals surface area contributed by atoms with Crippen molar-refractivity contribution in [3.63, 3.8) is 0 Å². The van der Waals surface area contributed by atoms with Gasteiger partial charge >= 0.3 is 5.97 Å². The zero-order chi connectivity index (χ0) is 17.5. The zero-order valence-electron chi connectivity index (χ0n) is 12.8. The van der Waals surface area contributed by atoms with Crippen LogP contribution in [0.15, 0.2) is 48.5 Å². The third-order valence-electron chi connectivity index (χ3n) is 3.08. The van der Waals surface area contributed by atoms with Gasteiger partial charge < -0.3 is 9.47 Å². The highest BCUT2D eigenvalue weighted by molar-refractivity contribution is 5.99. The number of methoxy groups -OCH3 is 1. The lowest BCUT2D eigenvalue weighted by Gasteiger charge is -2.05. The molecule has 0 aliphatic rings. The summed E-state index contributed by atoms with van der Waals surface area (Å²) < 4.78 is 36.0. The van der Waals surface area contributed by atoms with Crippen molar-refractivity contribution in [3.8, 4) is 5.75 Å². The van der Waals surface area contributed by atoms with Crippen molar-refractivity contribution in [2.75, 3.05) is 13.7 Å². The van der Waals surface area contributed by atoms with E-state index in [-0.39, 0.29) is 11.3 Å². The van der Waals surface area contributed by atoms with Crippen LogP contribution >= 0.6 is 0 Å². The molecule has 2 rings (SSSR count). The van der Waals surface area contributed by atoms with Crippen LogP contribution in [0.1, 0.15) is 15.9 Å². The minimum absolute atomic E-state index is 0.0153. The van der Waals surface area contributed by atoms with Crippen molar-refractivity contribution in [1.82, 2.24) is 0 Å². The molecule has 0 aliphatic heterocycles. The molecule has 4 nitrogen and oxygen atoms in total. The lowest BCUT2D eigenvalue weighted by Crippen LogP contribution is -2.12. The van der Waals surface area contributed by atoms with E-state index in [1.165, 1.54) is 43.5 Å². The second kappa shape index (κ2) is 8.01. The highest BCUT2D eigenvalue weighted by atomic mass is 19.1. The first-order valence-electron chi connectivity index (χ1n) is 6.97. The fourth-order valence-corrected chi connectivity index (χ4v) is 1.88. The summed E-state index contributed by atoms with van der Waals surface area (Å²) >= 11 is 0. The van der Waals surface area contributed by atoms with E-state index >= 15 is 0 Å². The molecular weight excluding hydrogens is 318 g/mol. The zero-order valence-corrected chi connectivity index (χ0v) is 12.8. The van der Waals surface area contributed by atoms with Crippen LogP contribution in [0.4, 0.5) is 8.78 Å².